The number of thioether (sulfide) groups is 1. The van der Waals surface area contributed by atoms with Gasteiger partial charge in [-0.3, -0.25) is 14.3 Å². The van der Waals surface area contributed by atoms with Crippen LogP contribution in [0.2, 0.25) is 0 Å². The minimum absolute atomic E-state index is 0.135. The standard InChI is InChI=1S/C24H22N6O2S/c1-17(18-12-14-25-15-13-18)26-27-22(31)16-33-24-29-28-23(19-6-4-3-5-7-19)30(24)20-8-10-21(32-2)11-9-20/h3-15H,16H2,1-2H3,(H,27,31)/b26-17+. The molecule has 1 amide bonds. The van der Waals surface area contributed by atoms with Crippen LogP contribution in [0.4, 0.5) is 0 Å². The predicted octanol–water partition coefficient (Wildman–Crippen LogP) is 3.97. The third-order valence-electron chi connectivity index (χ3n) is 4.77. The molecule has 4 rings (SSSR count). The van der Waals surface area contributed by atoms with Crippen molar-refractivity contribution in [2.75, 3.05) is 12.9 Å². The second-order valence-electron chi connectivity index (χ2n) is 6.96. The largest absolute Gasteiger partial charge is 0.497 e. The summed E-state index contributed by atoms with van der Waals surface area (Å²) in [5, 5.41) is 13.5. The van der Waals surface area contributed by atoms with Crippen molar-refractivity contribution < 1.29 is 9.53 Å². The zero-order valence-electron chi connectivity index (χ0n) is 18.2. The second kappa shape index (κ2) is 10.6. The van der Waals surface area contributed by atoms with Crippen LogP contribution >= 0.6 is 11.8 Å². The summed E-state index contributed by atoms with van der Waals surface area (Å²) >= 11 is 1.29. The number of hydrazone groups is 1. The molecule has 0 bridgehead atoms. The van der Waals surface area contributed by atoms with Crippen LogP contribution in [0.1, 0.15) is 12.5 Å². The number of ether oxygens (including phenoxy) is 1. The van der Waals surface area contributed by atoms with Crippen LogP contribution in [0.25, 0.3) is 17.1 Å². The van der Waals surface area contributed by atoms with Gasteiger partial charge in [0.1, 0.15) is 5.75 Å². The predicted molar refractivity (Wildman–Crippen MR) is 129 cm³/mol. The SMILES string of the molecule is COc1ccc(-n2c(SCC(=O)N/N=C(\C)c3ccncc3)nnc2-c2ccccc2)cc1. The molecule has 33 heavy (non-hydrogen) atoms. The third-order valence-corrected chi connectivity index (χ3v) is 5.70. The first-order chi connectivity index (χ1) is 16.2. The number of hydrogen-bond donors (Lipinski definition) is 1. The van der Waals surface area contributed by atoms with Crippen LogP contribution < -0.4 is 10.2 Å². The van der Waals surface area contributed by atoms with Crippen LogP contribution in [0.3, 0.4) is 0 Å². The molecule has 0 atom stereocenters. The molecule has 4 aromatic rings. The zero-order chi connectivity index (χ0) is 23.0. The Balaban J connectivity index is 1.53. The van der Waals surface area contributed by atoms with Crippen molar-refractivity contribution in [3.05, 3.63) is 84.7 Å². The molecule has 9 heteroatoms. The van der Waals surface area contributed by atoms with Gasteiger partial charge in [-0.15, -0.1) is 10.2 Å². The Hall–Kier alpha value is -3.98. The zero-order valence-corrected chi connectivity index (χ0v) is 19.0. The minimum Gasteiger partial charge on any atom is -0.497 e. The molecule has 2 aromatic heterocycles. The van der Waals surface area contributed by atoms with E-state index in [4.69, 9.17) is 4.74 Å². The summed E-state index contributed by atoms with van der Waals surface area (Å²) in [5.41, 5.74) is 5.98. The Morgan fingerprint density at radius 1 is 1.03 bits per heavy atom. The topological polar surface area (TPSA) is 94.3 Å². The molecular formula is C24H22N6O2S. The number of aromatic nitrogens is 4. The molecule has 8 nitrogen and oxygen atoms in total. The highest BCUT2D eigenvalue weighted by Crippen LogP contribution is 2.28. The van der Waals surface area contributed by atoms with E-state index in [1.54, 1.807) is 19.5 Å². The molecule has 1 N–H and O–H groups in total. The Kier molecular flexibility index (Phi) is 7.11. The third kappa shape index (κ3) is 5.45. The molecule has 166 valence electrons. The maximum atomic E-state index is 12.4. The van der Waals surface area contributed by atoms with Crippen molar-refractivity contribution in [2.24, 2.45) is 5.10 Å². The van der Waals surface area contributed by atoms with E-state index in [0.29, 0.717) is 16.7 Å². The lowest BCUT2D eigenvalue weighted by molar-refractivity contribution is -0.118. The van der Waals surface area contributed by atoms with Gasteiger partial charge in [-0.05, 0) is 43.3 Å². The van der Waals surface area contributed by atoms with Crippen molar-refractivity contribution in [1.29, 1.82) is 0 Å². The smallest absolute Gasteiger partial charge is 0.250 e. The molecule has 0 spiro atoms. The molecule has 0 aliphatic rings. The summed E-state index contributed by atoms with van der Waals surface area (Å²) in [6.07, 6.45) is 3.37. The van der Waals surface area contributed by atoms with E-state index >= 15 is 0 Å². The van der Waals surface area contributed by atoms with Crippen LogP contribution in [-0.4, -0.2) is 44.2 Å². The van der Waals surface area contributed by atoms with Gasteiger partial charge < -0.3 is 4.74 Å². The number of methoxy groups -OCH3 is 1. The summed E-state index contributed by atoms with van der Waals surface area (Å²) in [6.45, 7) is 1.83. The van der Waals surface area contributed by atoms with Crippen molar-refractivity contribution >= 4 is 23.4 Å². The lowest BCUT2D eigenvalue weighted by Gasteiger charge is -2.11. The lowest BCUT2D eigenvalue weighted by atomic mass is 10.2. The first-order valence-corrected chi connectivity index (χ1v) is 11.2. The first kappa shape index (κ1) is 22.2. The molecule has 0 saturated heterocycles. The minimum atomic E-state index is -0.237. The van der Waals surface area contributed by atoms with Gasteiger partial charge >= 0.3 is 0 Å². The van der Waals surface area contributed by atoms with Crippen LogP contribution in [-0.2, 0) is 4.79 Å². The lowest BCUT2D eigenvalue weighted by Crippen LogP contribution is -2.21. The monoisotopic (exact) mass is 458 g/mol. The van der Waals surface area contributed by atoms with Crippen molar-refractivity contribution in [1.82, 2.24) is 25.2 Å². The quantitative estimate of drug-likeness (QED) is 0.244. The van der Waals surface area contributed by atoms with Gasteiger partial charge in [-0.2, -0.15) is 5.10 Å². The van der Waals surface area contributed by atoms with Gasteiger partial charge in [-0.1, -0.05) is 42.1 Å². The van der Waals surface area contributed by atoms with E-state index in [0.717, 1.165) is 22.6 Å². The Labute approximate surface area is 195 Å². The number of nitrogens with zero attached hydrogens (tertiary/aromatic N) is 5. The molecule has 0 aliphatic heterocycles. The molecule has 0 radical (unpaired) electrons. The fourth-order valence-corrected chi connectivity index (χ4v) is 3.81. The number of carbonyl (C=O) groups is 1. The summed E-state index contributed by atoms with van der Waals surface area (Å²) in [4.78, 5) is 16.4. The maximum absolute atomic E-state index is 12.4. The number of amides is 1. The Morgan fingerprint density at radius 2 is 1.76 bits per heavy atom. The van der Waals surface area contributed by atoms with Gasteiger partial charge in [-0.25, -0.2) is 5.43 Å². The molecule has 0 aliphatic carbocycles. The average molecular weight is 459 g/mol. The van der Waals surface area contributed by atoms with Crippen molar-refractivity contribution in [3.63, 3.8) is 0 Å². The molecule has 2 heterocycles. The first-order valence-electron chi connectivity index (χ1n) is 10.2. The van der Waals surface area contributed by atoms with E-state index in [9.17, 15) is 4.79 Å². The van der Waals surface area contributed by atoms with E-state index in [1.807, 2.05) is 78.2 Å². The van der Waals surface area contributed by atoms with Crippen molar-refractivity contribution in [3.8, 4) is 22.8 Å². The fourth-order valence-electron chi connectivity index (χ4n) is 3.07. The highest BCUT2D eigenvalue weighted by molar-refractivity contribution is 7.99. The van der Waals surface area contributed by atoms with Crippen molar-refractivity contribution in [2.45, 2.75) is 12.1 Å². The normalized spacial score (nSPS) is 11.3. The number of benzene rings is 2. The number of hydrogen-bond acceptors (Lipinski definition) is 7. The maximum Gasteiger partial charge on any atom is 0.250 e. The molecule has 0 fully saturated rings. The highest BCUT2D eigenvalue weighted by Gasteiger charge is 2.17. The second-order valence-corrected chi connectivity index (χ2v) is 7.90. The van der Waals surface area contributed by atoms with Gasteiger partial charge in [0.25, 0.3) is 5.91 Å². The summed E-state index contributed by atoms with van der Waals surface area (Å²) in [5.74, 6) is 1.34. The van der Waals surface area contributed by atoms with Gasteiger partial charge in [0, 0.05) is 29.2 Å². The number of pyridine rings is 1. The number of rotatable bonds is 8. The summed E-state index contributed by atoms with van der Waals surface area (Å²) < 4.78 is 7.20. The molecule has 2 aromatic carbocycles. The van der Waals surface area contributed by atoms with Gasteiger partial charge in [0.2, 0.25) is 0 Å². The number of nitrogens with one attached hydrogen (secondary N) is 1. The van der Waals surface area contributed by atoms with Crippen LogP contribution in [0.15, 0.2) is 89.4 Å². The van der Waals surface area contributed by atoms with Crippen LogP contribution in [0.5, 0.6) is 5.75 Å². The number of carbonyl (C=O) groups excluding carboxylic acids is 1. The van der Waals surface area contributed by atoms with Gasteiger partial charge in [0.05, 0.1) is 18.6 Å². The fraction of sp³-hybridized carbons (Fsp3) is 0.125. The molecular weight excluding hydrogens is 436 g/mol. The van der Waals surface area contributed by atoms with Crippen LogP contribution in [0, 0.1) is 0 Å². The molecule has 0 saturated carbocycles. The van der Waals surface area contributed by atoms with E-state index in [1.165, 1.54) is 11.8 Å². The molecule has 0 unspecified atom stereocenters. The summed E-state index contributed by atoms with van der Waals surface area (Å²) in [6, 6.07) is 21.1. The Bertz CT molecular complexity index is 1240. The summed E-state index contributed by atoms with van der Waals surface area (Å²) in [7, 11) is 1.63. The van der Waals surface area contributed by atoms with E-state index in [-0.39, 0.29) is 11.7 Å². The highest BCUT2D eigenvalue weighted by atomic mass is 32.2. The average Bonchev–Trinajstić information content (AvgIpc) is 3.31. The van der Waals surface area contributed by atoms with E-state index < -0.39 is 0 Å². The van der Waals surface area contributed by atoms with E-state index in [2.05, 4.69) is 25.7 Å². The Morgan fingerprint density at radius 3 is 2.45 bits per heavy atom. The van der Waals surface area contributed by atoms with Gasteiger partial charge in [0.15, 0.2) is 11.0 Å².